The van der Waals surface area contributed by atoms with Gasteiger partial charge in [0.2, 0.25) is 0 Å². The monoisotopic (exact) mass is 322 g/mol. The molecular weight excluding hydrogens is 312 g/mol. The number of halogens is 1. The van der Waals surface area contributed by atoms with Crippen molar-refractivity contribution in [1.82, 2.24) is 0 Å². The summed E-state index contributed by atoms with van der Waals surface area (Å²) in [5, 5.41) is 1.31. The molecule has 4 rings (SSSR count). The molecule has 0 amide bonds. The van der Waals surface area contributed by atoms with E-state index < -0.39 is 5.63 Å². The molecule has 0 bridgehead atoms. The lowest BCUT2D eigenvalue weighted by Gasteiger charge is -2.10. The van der Waals surface area contributed by atoms with Crippen LogP contribution in [0.4, 0.5) is 0 Å². The predicted molar refractivity (Wildman–Crippen MR) is 90.6 cm³/mol. The summed E-state index contributed by atoms with van der Waals surface area (Å²) in [4.78, 5) is 12.6. The van der Waals surface area contributed by atoms with Crippen molar-refractivity contribution in [2.45, 2.75) is 0 Å². The van der Waals surface area contributed by atoms with Crippen molar-refractivity contribution < 1.29 is 8.83 Å². The van der Waals surface area contributed by atoms with Gasteiger partial charge in [0.25, 0.3) is 0 Å². The smallest absolute Gasteiger partial charge is 0.344 e. The highest BCUT2D eigenvalue weighted by molar-refractivity contribution is 6.31. The quantitative estimate of drug-likeness (QED) is 0.466. The zero-order chi connectivity index (χ0) is 15.8. The van der Waals surface area contributed by atoms with Gasteiger partial charge in [-0.15, -0.1) is 0 Å². The number of furan rings is 1. The van der Waals surface area contributed by atoms with Crippen LogP contribution in [0.25, 0.3) is 33.4 Å². The Labute approximate surface area is 136 Å². The van der Waals surface area contributed by atoms with E-state index in [0.29, 0.717) is 27.5 Å². The first kappa shape index (κ1) is 13.9. The summed E-state index contributed by atoms with van der Waals surface area (Å²) in [6, 6.07) is 18.2. The molecule has 0 atom stereocenters. The van der Waals surface area contributed by atoms with Gasteiger partial charge in [-0.1, -0.05) is 41.9 Å². The lowest BCUT2D eigenvalue weighted by molar-refractivity contribution is 0.559. The molecule has 23 heavy (non-hydrogen) atoms. The van der Waals surface area contributed by atoms with E-state index in [1.807, 2.05) is 36.4 Å². The fourth-order valence-electron chi connectivity index (χ4n) is 2.72. The normalized spacial score (nSPS) is 11.0. The minimum atomic E-state index is -0.405. The van der Waals surface area contributed by atoms with Crippen LogP contribution in [-0.2, 0) is 0 Å². The summed E-state index contributed by atoms with van der Waals surface area (Å²) in [5.41, 5.74) is 2.00. The Morgan fingerprint density at radius 2 is 1.70 bits per heavy atom. The van der Waals surface area contributed by atoms with Gasteiger partial charge in [-0.25, -0.2) is 4.79 Å². The molecule has 4 aromatic rings. The first-order chi connectivity index (χ1) is 11.2. The SMILES string of the molecule is O=c1oc2ccc(Cl)cc2c(-c2ccco2)c1-c1ccccc1. The summed E-state index contributed by atoms with van der Waals surface area (Å²) in [5.74, 6) is 0.601. The van der Waals surface area contributed by atoms with Gasteiger partial charge in [-0.3, -0.25) is 0 Å². The Morgan fingerprint density at radius 3 is 2.43 bits per heavy atom. The maximum absolute atomic E-state index is 12.6. The van der Waals surface area contributed by atoms with Crippen molar-refractivity contribution >= 4 is 22.6 Å². The summed E-state index contributed by atoms with van der Waals surface area (Å²) in [6.45, 7) is 0. The first-order valence-electron chi connectivity index (χ1n) is 7.10. The first-order valence-corrected chi connectivity index (χ1v) is 7.47. The van der Waals surface area contributed by atoms with E-state index >= 15 is 0 Å². The Kier molecular flexibility index (Phi) is 3.28. The van der Waals surface area contributed by atoms with E-state index in [9.17, 15) is 4.79 Å². The van der Waals surface area contributed by atoms with Crippen LogP contribution in [0, 0.1) is 0 Å². The van der Waals surface area contributed by atoms with Crippen LogP contribution in [0.15, 0.2) is 80.6 Å². The summed E-state index contributed by atoms with van der Waals surface area (Å²) >= 11 is 6.14. The van der Waals surface area contributed by atoms with Crippen LogP contribution in [0.5, 0.6) is 0 Å². The van der Waals surface area contributed by atoms with Crippen molar-refractivity contribution in [2.24, 2.45) is 0 Å². The van der Waals surface area contributed by atoms with Gasteiger partial charge in [0.05, 0.1) is 11.8 Å². The maximum atomic E-state index is 12.6. The second-order valence-corrected chi connectivity index (χ2v) is 5.56. The van der Waals surface area contributed by atoms with Gasteiger partial charge in [-0.05, 0) is 35.9 Å². The van der Waals surface area contributed by atoms with Crippen molar-refractivity contribution in [2.75, 3.05) is 0 Å². The van der Waals surface area contributed by atoms with Crippen molar-refractivity contribution in [1.29, 1.82) is 0 Å². The van der Waals surface area contributed by atoms with Gasteiger partial charge < -0.3 is 8.83 Å². The molecule has 0 fully saturated rings. The molecule has 0 aliphatic heterocycles. The number of hydrogen-bond acceptors (Lipinski definition) is 3. The third-order valence-electron chi connectivity index (χ3n) is 3.70. The van der Waals surface area contributed by atoms with Crippen molar-refractivity contribution in [3.63, 3.8) is 0 Å². The molecule has 2 aromatic carbocycles. The van der Waals surface area contributed by atoms with Crippen LogP contribution in [0.3, 0.4) is 0 Å². The second-order valence-electron chi connectivity index (χ2n) is 5.12. The molecule has 0 N–H and O–H groups in total. The van der Waals surface area contributed by atoms with E-state index in [4.69, 9.17) is 20.4 Å². The van der Waals surface area contributed by atoms with Gasteiger partial charge in [0.15, 0.2) is 0 Å². The van der Waals surface area contributed by atoms with Gasteiger partial charge in [-0.2, -0.15) is 0 Å². The van der Waals surface area contributed by atoms with Crippen LogP contribution in [0.1, 0.15) is 0 Å². The van der Waals surface area contributed by atoms with Crippen molar-refractivity contribution in [3.8, 4) is 22.5 Å². The summed E-state index contributed by atoms with van der Waals surface area (Å²) in [7, 11) is 0. The Hall–Kier alpha value is -2.78. The summed E-state index contributed by atoms with van der Waals surface area (Å²) < 4.78 is 11.0. The molecule has 0 spiro atoms. The largest absolute Gasteiger partial charge is 0.464 e. The minimum Gasteiger partial charge on any atom is -0.464 e. The van der Waals surface area contributed by atoms with Gasteiger partial charge in [0.1, 0.15) is 11.3 Å². The predicted octanol–water partition coefficient (Wildman–Crippen LogP) is 5.37. The molecule has 0 radical (unpaired) electrons. The topological polar surface area (TPSA) is 43.4 Å². The van der Waals surface area contributed by atoms with Crippen molar-refractivity contribution in [3.05, 3.63) is 82.4 Å². The molecule has 0 aliphatic rings. The van der Waals surface area contributed by atoms with E-state index in [1.54, 1.807) is 30.5 Å². The molecule has 0 saturated heterocycles. The van der Waals surface area contributed by atoms with E-state index in [2.05, 4.69) is 0 Å². The maximum Gasteiger partial charge on any atom is 0.344 e. The van der Waals surface area contributed by atoms with Gasteiger partial charge in [0, 0.05) is 16.0 Å². The van der Waals surface area contributed by atoms with Crippen LogP contribution >= 0.6 is 11.6 Å². The Balaban J connectivity index is 2.19. The van der Waals surface area contributed by atoms with E-state index in [1.165, 1.54) is 0 Å². The van der Waals surface area contributed by atoms with Crippen LogP contribution < -0.4 is 5.63 Å². The zero-order valence-corrected chi connectivity index (χ0v) is 12.7. The molecule has 3 nitrogen and oxygen atoms in total. The molecule has 4 heteroatoms. The molecule has 0 aliphatic carbocycles. The number of hydrogen-bond donors (Lipinski definition) is 0. The molecular formula is C19H11ClO3. The highest BCUT2D eigenvalue weighted by Gasteiger charge is 2.19. The fraction of sp³-hybridized carbons (Fsp3) is 0. The number of benzene rings is 2. The molecule has 0 saturated carbocycles. The minimum absolute atomic E-state index is 0.405. The highest BCUT2D eigenvalue weighted by Crippen LogP contribution is 2.36. The second kappa shape index (κ2) is 5.45. The lowest BCUT2D eigenvalue weighted by Crippen LogP contribution is -2.05. The van der Waals surface area contributed by atoms with Gasteiger partial charge >= 0.3 is 5.63 Å². The Morgan fingerprint density at radius 1 is 0.870 bits per heavy atom. The fourth-order valence-corrected chi connectivity index (χ4v) is 2.89. The molecule has 2 aromatic heterocycles. The Bertz CT molecular complexity index is 1030. The van der Waals surface area contributed by atoms with E-state index in [0.717, 1.165) is 10.9 Å². The highest BCUT2D eigenvalue weighted by atomic mass is 35.5. The number of fused-ring (bicyclic) bond motifs is 1. The number of rotatable bonds is 2. The molecule has 2 heterocycles. The zero-order valence-electron chi connectivity index (χ0n) is 12.0. The van der Waals surface area contributed by atoms with Crippen LogP contribution in [-0.4, -0.2) is 0 Å². The summed E-state index contributed by atoms with van der Waals surface area (Å²) in [6.07, 6.45) is 1.58. The third-order valence-corrected chi connectivity index (χ3v) is 3.93. The average Bonchev–Trinajstić information content (AvgIpc) is 3.09. The molecule has 0 unspecified atom stereocenters. The molecule has 112 valence electrons. The third kappa shape index (κ3) is 2.35. The standard InChI is InChI=1S/C19H11ClO3/c20-13-8-9-15-14(11-13)18(16-7-4-10-22-16)17(19(21)23-15)12-5-2-1-3-6-12/h1-11H. The average molecular weight is 323 g/mol. The van der Waals surface area contributed by atoms with Crippen LogP contribution in [0.2, 0.25) is 5.02 Å². The lowest BCUT2D eigenvalue weighted by atomic mass is 9.97. The van der Waals surface area contributed by atoms with E-state index in [-0.39, 0.29) is 0 Å².